The second-order valence-electron chi connectivity index (χ2n) is 8.39. The average molecular weight is 430 g/mol. The summed E-state index contributed by atoms with van der Waals surface area (Å²) >= 11 is 0. The van der Waals surface area contributed by atoms with Crippen LogP contribution in [-0.4, -0.2) is 47.0 Å². The van der Waals surface area contributed by atoms with E-state index in [4.69, 9.17) is 9.84 Å². The van der Waals surface area contributed by atoms with E-state index in [-0.39, 0.29) is 23.6 Å². The van der Waals surface area contributed by atoms with Gasteiger partial charge in [-0.1, -0.05) is 6.07 Å². The SMILES string of the molecule is N#Cc1cccc(F)c1-c1cc(-n2ccc(N3CC4COCC4C3)n2)c2c(n1)CNC2=O. The standard InChI is InChI=1S/C23H19FN6O2/c24-16-3-1-2-13(7-25)21(16)17-6-19(22-18(27-17)8-26-23(22)31)30-5-4-20(28-30)29-9-14-11-32-12-15(14)10-29/h1-6,14-15H,8-12H2,(H,26,31). The van der Waals surface area contributed by atoms with Crippen molar-refractivity contribution >= 4 is 11.7 Å². The van der Waals surface area contributed by atoms with Gasteiger partial charge in [0.15, 0.2) is 5.82 Å². The second-order valence-corrected chi connectivity index (χ2v) is 8.39. The van der Waals surface area contributed by atoms with Crippen LogP contribution < -0.4 is 10.2 Å². The first-order valence-electron chi connectivity index (χ1n) is 10.5. The first-order chi connectivity index (χ1) is 15.6. The first-order valence-corrected chi connectivity index (χ1v) is 10.5. The van der Waals surface area contributed by atoms with Crippen LogP contribution in [0.3, 0.4) is 0 Å². The molecule has 1 aromatic carbocycles. The summed E-state index contributed by atoms with van der Waals surface area (Å²) in [6.45, 7) is 3.60. The quantitative estimate of drug-likeness (QED) is 0.685. The van der Waals surface area contributed by atoms with Crippen molar-refractivity contribution in [1.29, 1.82) is 5.26 Å². The van der Waals surface area contributed by atoms with Gasteiger partial charge in [-0.25, -0.2) is 14.1 Å². The molecule has 2 unspecified atom stereocenters. The number of fused-ring (bicyclic) bond motifs is 2. The Kier molecular flexibility index (Phi) is 4.23. The topological polar surface area (TPSA) is 96.1 Å². The van der Waals surface area contributed by atoms with E-state index in [9.17, 15) is 14.4 Å². The highest BCUT2D eigenvalue weighted by molar-refractivity contribution is 6.01. The summed E-state index contributed by atoms with van der Waals surface area (Å²) in [4.78, 5) is 19.3. The largest absolute Gasteiger partial charge is 0.381 e. The number of pyridine rings is 1. The molecule has 2 fully saturated rings. The lowest BCUT2D eigenvalue weighted by Crippen LogP contribution is -2.22. The first kappa shape index (κ1) is 19.0. The Hall–Kier alpha value is -3.77. The molecule has 0 aliphatic carbocycles. The summed E-state index contributed by atoms with van der Waals surface area (Å²) in [7, 11) is 0. The maximum Gasteiger partial charge on any atom is 0.255 e. The molecule has 3 aromatic rings. The number of halogens is 1. The predicted molar refractivity (Wildman–Crippen MR) is 113 cm³/mol. The van der Waals surface area contributed by atoms with E-state index in [0.717, 1.165) is 32.1 Å². The number of amides is 1. The molecule has 3 aliphatic heterocycles. The summed E-state index contributed by atoms with van der Waals surface area (Å²) < 4.78 is 21.9. The van der Waals surface area contributed by atoms with E-state index in [1.54, 1.807) is 23.0 Å². The van der Waals surface area contributed by atoms with Gasteiger partial charge in [-0.05, 0) is 18.2 Å². The number of carbonyl (C=O) groups is 1. The van der Waals surface area contributed by atoms with Crippen LogP contribution in [0.2, 0.25) is 0 Å². The Morgan fingerprint density at radius 1 is 1.19 bits per heavy atom. The lowest BCUT2D eigenvalue weighted by atomic mass is 10.0. The number of carbonyl (C=O) groups excluding carboxylic acids is 1. The molecule has 2 atom stereocenters. The number of anilines is 1. The fourth-order valence-corrected chi connectivity index (χ4v) is 4.89. The van der Waals surface area contributed by atoms with E-state index in [0.29, 0.717) is 34.5 Å². The maximum atomic E-state index is 14.7. The van der Waals surface area contributed by atoms with E-state index in [1.807, 2.05) is 12.1 Å². The molecule has 0 spiro atoms. The fraction of sp³-hybridized carbons (Fsp3) is 0.304. The molecule has 3 aliphatic rings. The van der Waals surface area contributed by atoms with Crippen molar-refractivity contribution in [2.45, 2.75) is 6.54 Å². The molecule has 1 N–H and O–H groups in total. The van der Waals surface area contributed by atoms with Crippen molar-refractivity contribution in [2.24, 2.45) is 11.8 Å². The van der Waals surface area contributed by atoms with Crippen LogP contribution in [-0.2, 0) is 11.3 Å². The van der Waals surface area contributed by atoms with Crippen LogP contribution in [0.1, 0.15) is 21.6 Å². The third-order valence-corrected chi connectivity index (χ3v) is 6.49. The molecule has 9 heteroatoms. The highest BCUT2D eigenvalue weighted by atomic mass is 19.1. The summed E-state index contributed by atoms with van der Waals surface area (Å²) in [5, 5.41) is 17.0. The van der Waals surface area contributed by atoms with Gasteiger partial charge in [-0.2, -0.15) is 10.4 Å². The lowest BCUT2D eigenvalue weighted by Gasteiger charge is -2.16. The molecule has 2 saturated heterocycles. The van der Waals surface area contributed by atoms with E-state index in [2.05, 4.69) is 15.2 Å². The number of rotatable bonds is 3. The molecule has 1 amide bonds. The Labute approximate surface area is 183 Å². The van der Waals surface area contributed by atoms with Crippen LogP contribution in [0.4, 0.5) is 10.2 Å². The molecule has 160 valence electrons. The molecular formula is C23H19FN6O2. The van der Waals surface area contributed by atoms with Crippen LogP contribution in [0.5, 0.6) is 0 Å². The van der Waals surface area contributed by atoms with Gasteiger partial charge >= 0.3 is 0 Å². The molecule has 6 rings (SSSR count). The number of hydrogen-bond donors (Lipinski definition) is 1. The fourth-order valence-electron chi connectivity index (χ4n) is 4.89. The number of hydrogen-bond acceptors (Lipinski definition) is 6. The van der Waals surface area contributed by atoms with E-state index < -0.39 is 5.82 Å². The van der Waals surface area contributed by atoms with Gasteiger partial charge in [0.2, 0.25) is 0 Å². The Morgan fingerprint density at radius 2 is 2.00 bits per heavy atom. The monoisotopic (exact) mass is 430 g/mol. The van der Waals surface area contributed by atoms with Crippen molar-refractivity contribution in [1.82, 2.24) is 20.1 Å². The van der Waals surface area contributed by atoms with Crippen LogP contribution in [0.25, 0.3) is 16.9 Å². The van der Waals surface area contributed by atoms with E-state index >= 15 is 0 Å². The number of aromatic nitrogens is 3. The Balaban J connectivity index is 1.44. The van der Waals surface area contributed by atoms with Crippen LogP contribution in [0, 0.1) is 29.0 Å². The number of nitrogens with zero attached hydrogens (tertiary/aromatic N) is 5. The summed E-state index contributed by atoms with van der Waals surface area (Å²) in [6, 6.07) is 9.93. The third-order valence-electron chi connectivity index (χ3n) is 6.49. The Morgan fingerprint density at radius 3 is 2.78 bits per heavy atom. The minimum absolute atomic E-state index is 0.123. The molecule has 0 radical (unpaired) electrons. The molecule has 5 heterocycles. The van der Waals surface area contributed by atoms with Gasteiger partial charge in [0.05, 0.1) is 59.6 Å². The van der Waals surface area contributed by atoms with Crippen molar-refractivity contribution in [3.8, 4) is 23.0 Å². The zero-order chi connectivity index (χ0) is 21.8. The van der Waals surface area contributed by atoms with Crippen molar-refractivity contribution < 1.29 is 13.9 Å². The second kappa shape index (κ2) is 7.14. The van der Waals surface area contributed by atoms with Crippen LogP contribution >= 0.6 is 0 Å². The van der Waals surface area contributed by atoms with Gasteiger partial charge in [-0.3, -0.25) is 4.79 Å². The lowest BCUT2D eigenvalue weighted by molar-refractivity contribution is 0.0965. The molecule has 2 aromatic heterocycles. The van der Waals surface area contributed by atoms with Gasteiger partial charge < -0.3 is 15.0 Å². The zero-order valence-corrected chi connectivity index (χ0v) is 17.1. The summed E-state index contributed by atoms with van der Waals surface area (Å²) in [5.74, 6) is 1.09. The number of nitriles is 1. The zero-order valence-electron chi connectivity index (χ0n) is 17.1. The summed E-state index contributed by atoms with van der Waals surface area (Å²) in [5.41, 5.74) is 2.06. The molecular weight excluding hydrogens is 411 g/mol. The predicted octanol–water partition coefficient (Wildman–Crippen LogP) is 2.27. The van der Waals surface area contributed by atoms with Crippen LogP contribution in [0.15, 0.2) is 36.5 Å². The molecule has 32 heavy (non-hydrogen) atoms. The van der Waals surface area contributed by atoms with Gasteiger partial charge in [0.1, 0.15) is 5.82 Å². The molecule has 0 saturated carbocycles. The maximum absolute atomic E-state index is 14.7. The minimum atomic E-state index is -0.535. The molecule has 8 nitrogen and oxygen atoms in total. The number of nitrogens with one attached hydrogen (secondary N) is 1. The number of benzene rings is 1. The smallest absolute Gasteiger partial charge is 0.255 e. The number of ether oxygens (including phenoxy) is 1. The average Bonchev–Trinajstić information content (AvgIpc) is 3.56. The highest BCUT2D eigenvalue weighted by Gasteiger charge is 2.38. The van der Waals surface area contributed by atoms with Crippen molar-refractivity contribution in [3.05, 3.63) is 59.2 Å². The Bertz CT molecular complexity index is 1280. The minimum Gasteiger partial charge on any atom is -0.381 e. The highest BCUT2D eigenvalue weighted by Crippen LogP contribution is 2.34. The summed E-state index contributed by atoms with van der Waals surface area (Å²) in [6.07, 6.45) is 1.80. The van der Waals surface area contributed by atoms with Gasteiger partial charge in [0.25, 0.3) is 5.91 Å². The van der Waals surface area contributed by atoms with E-state index in [1.165, 1.54) is 12.1 Å². The normalized spacial score (nSPS) is 21.4. The van der Waals surface area contributed by atoms with Crippen molar-refractivity contribution in [2.75, 3.05) is 31.2 Å². The molecule has 0 bridgehead atoms. The van der Waals surface area contributed by atoms with Gasteiger partial charge in [0, 0.05) is 37.2 Å². The van der Waals surface area contributed by atoms with Gasteiger partial charge in [-0.15, -0.1) is 0 Å². The van der Waals surface area contributed by atoms with Crippen molar-refractivity contribution in [3.63, 3.8) is 0 Å². The third kappa shape index (κ3) is 2.87.